The summed E-state index contributed by atoms with van der Waals surface area (Å²) >= 11 is 0. The second-order valence-corrected chi connectivity index (χ2v) is 7.67. The van der Waals surface area contributed by atoms with Gasteiger partial charge in [0.2, 0.25) is 0 Å². The molecule has 31 heavy (non-hydrogen) atoms. The normalized spacial score (nSPS) is 13.3. The molecular formula is C23H22N6O2. The van der Waals surface area contributed by atoms with Gasteiger partial charge in [-0.05, 0) is 31.5 Å². The van der Waals surface area contributed by atoms with Crippen molar-refractivity contribution in [2.24, 2.45) is 0 Å². The standard InChI is InChI=1S/C23H22N6O2/c1-14-15(2)23(27-29-21(30)5-8-25-22(14)29)28-9-6-19-17(13-28)10-16(11-26-19)18-12-24-7-4-20(18)31-3/h4-5,7-8,10-12H,6,9,13H2,1-3H3. The third kappa shape index (κ3) is 3.20. The number of hydrogen-bond acceptors (Lipinski definition) is 7. The Kier molecular flexibility index (Phi) is 4.62. The number of pyridine rings is 2. The number of aryl methyl sites for hydroxylation is 1. The van der Waals surface area contributed by atoms with Gasteiger partial charge in [-0.1, -0.05) is 0 Å². The van der Waals surface area contributed by atoms with E-state index in [-0.39, 0.29) is 5.56 Å². The molecule has 0 saturated heterocycles. The van der Waals surface area contributed by atoms with Crippen molar-refractivity contribution in [2.75, 3.05) is 18.6 Å². The molecule has 0 atom stereocenters. The number of nitrogens with zero attached hydrogens (tertiary/aromatic N) is 6. The molecule has 5 rings (SSSR count). The zero-order valence-electron chi connectivity index (χ0n) is 17.7. The molecule has 156 valence electrons. The summed E-state index contributed by atoms with van der Waals surface area (Å²) in [7, 11) is 1.65. The smallest absolute Gasteiger partial charge is 0.274 e. The fourth-order valence-electron chi connectivity index (χ4n) is 4.09. The SMILES string of the molecule is COc1ccncc1-c1cnc2c(c1)CN(c1nn3c(=O)ccnc3c(C)c1C)CC2. The quantitative estimate of drug-likeness (QED) is 0.509. The fourth-order valence-corrected chi connectivity index (χ4v) is 4.09. The van der Waals surface area contributed by atoms with Gasteiger partial charge in [-0.2, -0.15) is 4.52 Å². The predicted molar refractivity (Wildman–Crippen MR) is 118 cm³/mol. The van der Waals surface area contributed by atoms with Crippen molar-refractivity contribution in [3.63, 3.8) is 0 Å². The minimum atomic E-state index is -0.181. The maximum absolute atomic E-state index is 12.4. The minimum Gasteiger partial charge on any atom is -0.496 e. The summed E-state index contributed by atoms with van der Waals surface area (Å²) in [4.78, 5) is 27.8. The van der Waals surface area contributed by atoms with Gasteiger partial charge in [-0.3, -0.25) is 14.8 Å². The second kappa shape index (κ2) is 7.46. The molecule has 0 amide bonds. The first kappa shape index (κ1) is 19.2. The number of hydrogen-bond donors (Lipinski definition) is 0. The lowest BCUT2D eigenvalue weighted by atomic mass is 10.00. The fraction of sp³-hybridized carbons (Fsp3) is 0.261. The zero-order chi connectivity index (χ0) is 21.5. The van der Waals surface area contributed by atoms with Crippen LogP contribution in [-0.4, -0.2) is 38.2 Å². The Bertz CT molecular complexity index is 1360. The van der Waals surface area contributed by atoms with Crippen molar-refractivity contribution in [3.05, 3.63) is 75.7 Å². The van der Waals surface area contributed by atoms with Gasteiger partial charge in [0.25, 0.3) is 5.56 Å². The van der Waals surface area contributed by atoms with Gasteiger partial charge in [-0.25, -0.2) is 4.98 Å². The molecule has 8 nitrogen and oxygen atoms in total. The van der Waals surface area contributed by atoms with Gasteiger partial charge in [-0.15, -0.1) is 5.10 Å². The van der Waals surface area contributed by atoms with Crippen LogP contribution >= 0.6 is 0 Å². The molecule has 8 heteroatoms. The van der Waals surface area contributed by atoms with Crippen molar-refractivity contribution in [3.8, 4) is 16.9 Å². The summed E-state index contributed by atoms with van der Waals surface area (Å²) in [6.07, 6.45) is 7.72. The first-order valence-corrected chi connectivity index (χ1v) is 10.1. The highest BCUT2D eigenvalue weighted by molar-refractivity contribution is 5.70. The third-order valence-corrected chi connectivity index (χ3v) is 5.90. The Labute approximate surface area is 179 Å². The zero-order valence-corrected chi connectivity index (χ0v) is 17.7. The number of fused-ring (bicyclic) bond motifs is 2. The van der Waals surface area contributed by atoms with Crippen molar-refractivity contribution < 1.29 is 4.74 Å². The highest BCUT2D eigenvalue weighted by Gasteiger charge is 2.23. The molecule has 0 saturated carbocycles. The van der Waals surface area contributed by atoms with E-state index in [2.05, 4.69) is 26.0 Å². The highest BCUT2D eigenvalue weighted by atomic mass is 16.5. The molecule has 0 spiro atoms. The average Bonchev–Trinajstić information content (AvgIpc) is 2.81. The first-order chi connectivity index (χ1) is 15.1. The molecule has 0 aromatic carbocycles. The van der Waals surface area contributed by atoms with Crippen LogP contribution in [0.4, 0.5) is 5.82 Å². The summed E-state index contributed by atoms with van der Waals surface area (Å²) in [6.45, 7) is 5.45. The van der Waals surface area contributed by atoms with Crippen molar-refractivity contribution >= 4 is 11.5 Å². The van der Waals surface area contributed by atoms with Crippen LogP contribution in [0.25, 0.3) is 16.8 Å². The van der Waals surface area contributed by atoms with E-state index in [4.69, 9.17) is 9.72 Å². The monoisotopic (exact) mass is 414 g/mol. The van der Waals surface area contributed by atoms with Gasteiger partial charge in [0, 0.05) is 78.3 Å². The molecule has 1 aliphatic rings. The van der Waals surface area contributed by atoms with E-state index in [1.807, 2.05) is 26.1 Å². The molecular weight excluding hydrogens is 392 g/mol. The van der Waals surface area contributed by atoms with E-state index in [1.54, 1.807) is 19.5 Å². The average molecular weight is 414 g/mol. The van der Waals surface area contributed by atoms with E-state index in [9.17, 15) is 4.79 Å². The van der Waals surface area contributed by atoms with Crippen LogP contribution in [0.2, 0.25) is 0 Å². The van der Waals surface area contributed by atoms with E-state index in [1.165, 1.54) is 16.8 Å². The van der Waals surface area contributed by atoms with E-state index in [0.29, 0.717) is 12.2 Å². The lowest BCUT2D eigenvalue weighted by Crippen LogP contribution is -2.33. The molecule has 0 bridgehead atoms. The van der Waals surface area contributed by atoms with E-state index >= 15 is 0 Å². The summed E-state index contributed by atoms with van der Waals surface area (Å²) < 4.78 is 6.88. The molecule has 5 heterocycles. The maximum Gasteiger partial charge on any atom is 0.274 e. The van der Waals surface area contributed by atoms with Crippen LogP contribution in [0.3, 0.4) is 0 Å². The Morgan fingerprint density at radius 2 is 1.94 bits per heavy atom. The molecule has 0 aliphatic carbocycles. The molecule has 0 unspecified atom stereocenters. The molecule has 4 aromatic rings. The van der Waals surface area contributed by atoms with Crippen molar-refractivity contribution in [1.29, 1.82) is 0 Å². The number of anilines is 1. The Morgan fingerprint density at radius 3 is 2.77 bits per heavy atom. The number of aromatic nitrogens is 5. The molecule has 4 aromatic heterocycles. The van der Waals surface area contributed by atoms with Crippen molar-refractivity contribution in [1.82, 2.24) is 24.6 Å². The van der Waals surface area contributed by atoms with E-state index < -0.39 is 0 Å². The summed E-state index contributed by atoms with van der Waals surface area (Å²) in [6, 6.07) is 5.42. The van der Waals surface area contributed by atoms with Crippen LogP contribution in [-0.2, 0) is 13.0 Å². The molecule has 1 aliphatic heterocycles. The summed E-state index contributed by atoms with van der Waals surface area (Å²) in [5.74, 6) is 1.56. The van der Waals surface area contributed by atoms with E-state index in [0.717, 1.165) is 58.0 Å². The lowest BCUT2D eigenvalue weighted by molar-refractivity contribution is 0.416. The number of ether oxygens (including phenoxy) is 1. The van der Waals surface area contributed by atoms with Crippen LogP contribution < -0.4 is 15.2 Å². The summed E-state index contributed by atoms with van der Waals surface area (Å²) in [5.41, 5.74) is 6.48. The Morgan fingerprint density at radius 1 is 1.06 bits per heavy atom. The van der Waals surface area contributed by atoms with Gasteiger partial charge >= 0.3 is 0 Å². The van der Waals surface area contributed by atoms with Gasteiger partial charge in [0.15, 0.2) is 11.5 Å². The molecule has 0 N–H and O–H groups in total. The topological polar surface area (TPSA) is 85.5 Å². The van der Waals surface area contributed by atoms with Gasteiger partial charge in [0.1, 0.15) is 5.75 Å². The van der Waals surface area contributed by atoms with Gasteiger partial charge < -0.3 is 9.64 Å². The number of methoxy groups -OCH3 is 1. The third-order valence-electron chi connectivity index (χ3n) is 5.90. The van der Waals surface area contributed by atoms with Crippen LogP contribution in [0.15, 0.2) is 47.8 Å². The number of rotatable bonds is 3. The molecule has 0 radical (unpaired) electrons. The largest absolute Gasteiger partial charge is 0.496 e. The Hall–Kier alpha value is -3.81. The van der Waals surface area contributed by atoms with Gasteiger partial charge in [0.05, 0.1) is 7.11 Å². The minimum absolute atomic E-state index is 0.181. The maximum atomic E-state index is 12.4. The van der Waals surface area contributed by atoms with Crippen molar-refractivity contribution in [2.45, 2.75) is 26.8 Å². The first-order valence-electron chi connectivity index (χ1n) is 10.1. The highest BCUT2D eigenvalue weighted by Crippen LogP contribution is 2.32. The van der Waals surface area contributed by atoms with Crippen LogP contribution in [0.1, 0.15) is 22.4 Å². The van der Waals surface area contributed by atoms with Crippen LogP contribution in [0, 0.1) is 13.8 Å². The summed E-state index contributed by atoms with van der Waals surface area (Å²) in [5, 5.41) is 4.66. The lowest BCUT2D eigenvalue weighted by Gasteiger charge is -2.31. The Balaban J connectivity index is 1.56. The molecule has 0 fully saturated rings. The second-order valence-electron chi connectivity index (χ2n) is 7.67. The predicted octanol–water partition coefficient (Wildman–Crippen LogP) is 2.73. The van der Waals surface area contributed by atoms with Crippen LogP contribution in [0.5, 0.6) is 5.75 Å².